The van der Waals surface area contributed by atoms with Crippen molar-refractivity contribution in [3.8, 4) is 0 Å². The molecule has 0 aromatic heterocycles. The summed E-state index contributed by atoms with van der Waals surface area (Å²) in [4.78, 5) is 60.3. The van der Waals surface area contributed by atoms with Crippen LogP contribution in [0, 0.1) is 40.5 Å². The number of hydrogen-bond acceptors (Lipinski definition) is 12. The van der Waals surface area contributed by atoms with E-state index in [-0.39, 0.29) is 0 Å². The first-order chi connectivity index (χ1) is 11.8. The standard InChI is InChI=1S/C10H14N4O12/c1-7(15)25-5-9(11(17)18,12(19)20)3-4-10(13(21)22,14(23)24)6-26-8(2)16/h3-6H2,1-2H3. The van der Waals surface area contributed by atoms with Crippen LogP contribution in [0.25, 0.3) is 0 Å². The van der Waals surface area contributed by atoms with E-state index in [0.29, 0.717) is 0 Å². The van der Waals surface area contributed by atoms with E-state index in [2.05, 4.69) is 9.47 Å². The molecule has 0 heterocycles. The van der Waals surface area contributed by atoms with Gasteiger partial charge >= 0.3 is 23.3 Å². The van der Waals surface area contributed by atoms with Crippen LogP contribution in [0.3, 0.4) is 0 Å². The molecule has 0 radical (unpaired) electrons. The molecule has 0 fully saturated rings. The van der Waals surface area contributed by atoms with Crippen LogP contribution in [0.2, 0.25) is 0 Å². The predicted molar refractivity (Wildman–Crippen MR) is 75.9 cm³/mol. The minimum Gasteiger partial charge on any atom is -0.450 e. The average molecular weight is 382 g/mol. The molecule has 0 unspecified atom stereocenters. The molecule has 0 aliphatic rings. The number of nitrogens with zero attached hydrogens (tertiary/aromatic N) is 4. The van der Waals surface area contributed by atoms with Gasteiger partial charge in [-0.3, -0.25) is 50.0 Å². The minimum atomic E-state index is -3.25. The number of carbonyl (C=O) groups is 2. The quantitative estimate of drug-likeness (QED) is 0.189. The Morgan fingerprint density at radius 1 is 0.692 bits per heavy atom. The summed E-state index contributed by atoms with van der Waals surface area (Å²) in [6.07, 6.45) is -2.69. The van der Waals surface area contributed by atoms with Gasteiger partial charge in [0.1, 0.15) is 32.5 Å². The van der Waals surface area contributed by atoms with Gasteiger partial charge in [-0.1, -0.05) is 0 Å². The molecule has 16 heteroatoms. The van der Waals surface area contributed by atoms with Gasteiger partial charge in [-0.2, -0.15) is 0 Å². The zero-order chi connectivity index (χ0) is 20.7. The SMILES string of the molecule is CC(=O)OCC(CCC(COC(C)=O)([N+](=O)[O-])[N+](=O)[O-])([N+](=O)[O-])[N+](=O)[O-]. The number of esters is 2. The van der Waals surface area contributed by atoms with Crippen molar-refractivity contribution in [2.45, 2.75) is 38.0 Å². The summed E-state index contributed by atoms with van der Waals surface area (Å²) in [5, 5.41) is 44.6. The number of ether oxygens (including phenoxy) is 2. The first-order valence-electron chi connectivity index (χ1n) is 6.66. The van der Waals surface area contributed by atoms with E-state index in [4.69, 9.17) is 0 Å². The summed E-state index contributed by atoms with van der Waals surface area (Å²) in [5.41, 5.74) is -6.50. The molecule has 0 aromatic carbocycles. The fourth-order valence-corrected chi connectivity index (χ4v) is 1.69. The molecule has 0 spiro atoms. The van der Waals surface area contributed by atoms with E-state index < -0.39 is 69.0 Å². The van der Waals surface area contributed by atoms with Crippen LogP contribution >= 0.6 is 0 Å². The second-order valence-corrected chi connectivity index (χ2v) is 5.05. The summed E-state index contributed by atoms with van der Waals surface area (Å²) in [7, 11) is 0. The molecule has 0 bridgehead atoms. The van der Waals surface area contributed by atoms with E-state index in [1.807, 2.05) is 0 Å². The molecule has 0 atom stereocenters. The van der Waals surface area contributed by atoms with E-state index in [1.54, 1.807) is 0 Å². The molecule has 16 nitrogen and oxygen atoms in total. The lowest BCUT2D eigenvalue weighted by Crippen LogP contribution is -2.56. The first kappa shape index (κ1) is 22.5. The summed E-state index contributed by atoms with van der Waals surface area (Å²) in [6.45, 7) is -1.18. The van der Waals surface area contributed by atoms with Gasteiger partial charge < -0.3 is 9.47 Å². The van der Waals surface area contributed by atoms with E-state index >= 15 is 0 Å². The fourth-order valence-electron chi connectivity index (χ4n) is 1.69. The van der Waals surface area contributed by atoms with Crippen molar-refractivity contribution in [3.63, 3.8) is 0 Å². The lowest BCUT2D eigenvalue weighted by atomic mass is 9.98. The van der Waals surface area contributed by atoms with E-state index in [0.717, 1.165) is 13.8 Å². The highest BCUT2D eigenvalue weighted by molar-refractivity contribution is 5.66. The van der Waals surface area contributed by atoms with Crippen molar-refractivity contribution < 1.29 is 38.8 Å². The van der Waals surface area contributed by atoms with Crippen molar-refractivity contribution in [2.75, 3.05) is 13.2 Å². The number of hydrogen-bond donors (Lipinski definition) is 0. The van der Waals surface area contributed by atoms with Crippen LogP contribution in [0.15, 0.2) is 0 Å². The summed E-state index contributed by atoms with van der Waals surface area (Å²) >= 11 is 0. The van der Waals surface area contributed by atoms with Crippen molar-refractivity contribution >= 4 is 11.9 Å². The highest BCUT2D eigenvalue weighted by Crippen LogP contribution is 2.27. The molecular weight excluding hydrogens is 368 g/mol. The molecule has 146 valence electrons. The smallest absolute Gasteiger partial charge is 0.450 e. The van der Waals surface area contributed by atoms with Crippen molar-refractivity contribution in [1.82, 2.24) is 0 Å². The minimum absolute atomic E-state index is 0.809. The molecule has 26 heavy (non-hydrogen) atoms. The summed E-state index contributed by atoms with van der Waals surface area (Å²) in [5.74, 6) is -2.21. The Bertz CT molecular complexity index is 550. The maximum Gasteiger partial charge on any atom is 0.491 e. The van der Waals surface area contributed by atoms with Gasteiger partial charge in [-0.15, -0.1) is 0 Å². The third-order valence-corrected chi connectivity index (χ3v) is 3.30. The van der Waals surface area contributed by atoms with Gasteiger partial charge in [0.15, 0.2) is 0 Å². The fraction of sp³-hybridized carbons (Fsp3) is 0.800. The Morgan fingerprint density at radius 2 is 0.923 bits per heavy atom. The topological polar surface area (TPSA) is 225 Å². The highest BCUT2D eigenvalue weighted by Gasteiger charge is 2.65. The van der Waals surface area contributed by atoms with E-state index in [1.165, 1.54) is 0 Å². The highest BCUT2D eigenvalue weighted by atomic mass is 16.7. The van der Waals surface area contributed by atoms with Crippen LogP contribution in [-0.2, 0) is 19.1 Å². The van der Waals surface area contributed by atoms with E-state index in [9.17, 15) is 50.0 Å². The van der Waals surface area contributed by atoms with Crippen LogP contribution in [0.5, 0.6) is 0 Å². The Labute approximate surface area is 143 Å². The monoisotopic (exact) mass is 382 g/mol. The van der Waals surface area contributed by atoms with Crippen molar-refractivity contribution in [3.05, 3.63) is 40.5 Å². The summed E-state index contributed by atoms with van der Waals surface area (Å²) < 4.78 is 8.53. The molecule has 0 aliphatic carbocycles. The molecule has 0 rings (SSSR count). The van der Waals surface area contributed by atoms with Crippen molar-refractivity contribution in [2.24, 2.45) is 0 Å². The first-order valence-corrected chi connectivity index (χ1v) is 6.66. The second-order valence-electron chi connectivity index (χ2n) is 5.05. The maximum absolute atomic E-state index is 11.1. The van der Waals surface area contributed by atoms with Crippen LogP contribution in [-0.4, -0.2) is 56.2 Å². The largest absolute Gasteiger partial charge is 0.491 e. The number of carbonyl (C=O) groups excluding carboxylic acids is 2. The molecule has 0 amide bonds. The average Bonchev–Trinajstić information content (AvgIpc) is 2.48. The third kappa shape index (κ3) is 5.02. The Balaban J connectivity index is 5.83. The predicted octanol–water partition coefficient (Wildman–Crippen LogP) is -0.608. The van der Waals surface area contributed by atoms with Gasteiger partial charge in [0.2, 0.25) is 13.2 Å². The number of nitro groups is 4. The van der Waals surface area contributed by atoms with Gasteiger partial charge in [0.05, 0.1) is 0 Å². The van der Waals surface area contributed by atoms with Crippen LogP contribution in [0.1, 0.15) is 26.7 Å². The third-order valence-electron chi connectivity index (χ3n) is 3.30. The van der Waals surface area contributed by atoms with Gasteiger partial charge in [-0.25, -0.2) is 0 Å². The van der Waals surface area contributed by atoms with Gasteiger partial charge in [-0.05, 0) is 0 Å². The second kappa shape index (κ2) is 8.58. The maximum atomic E-state index is 11.1. The zero-order valence-corrected chi connectivity index (χ0v) is 13.5. The van der Waals surface area contributed by atoms with Gasteiger partial charge in [0.25, 0.3) is 0 Å². The molecular formula is C10H14N4O12. The lowest BCUT2D eigenvalue weighted by Gasteiger charge is -2.20. The lowest BCUT2D eigenvalue weighted by molar-refractivity contribution is -0.816. The normalized spacial score (nSPS) is 11.3. The van der Waals surface area contributed by atoms with Crippen LogP contribution < -0.4 is 0 Å². The molecule has 0 saturated carbocycles. The molecule has 0 aliphatic heterocycles. The van der Waals surface area contributed by atoms with Gasteiger partial charge in [0, 0.05) is 13.8 Å². The molecule has 0 aromatic rings. The Morgan fingerprint density at radius 3 is 1.08 bits per heavy atom. The van der Waals surface area contributed by atoms with Crippen molar-refractivity contribution in [1.29, 1.82) is 0 Å². The molecule has 0 N–H and O–H groups in total. The van der Waals surface area contributed by atoms with Crippen LogP contribution in [0.4, 0.5) is 0 Å². The Hall–Kier alpha value is -3.46. The molecule has 0 saturated heterocycles. The Kier molecular flexibility index (Phi) is 7.44. The summed E-state index contributed by atoms with van der Waals surface area (Å²) in [6, 6.07) is 0. The zero-order valence-electron chi connectivity index (χ0n) is 13.5. The number of rotatable bonds is 11.